The van der Waals surface area contributed by atoms with Crippen molar-refractivity contribution >= 4 is 17.8 Å². The molecule has 0 aromatic heterocycles. The smallest absolute Gasteiger partial charge is 0.312 e. The van der Waals surface area contributed by atoms with Crippen LogP contribution in [0.5, 0.6) is 0 Å². The zero-order chi connectivity index (χ0) is 27.3. The first kappa shape index (κ1) is 28.7. The summed E-state index contributed by atoms with van der Waals surface area (Å²) < 4.78 is 17.7. The van der Waals surface area contributed by atoms with Crippen LogP contribution in [0.2, 0.25) is 0 Å². The molecule has 5 atom stereocenters. The molecule has 4 heterocycles. The zero-order valence-electron chi connectivity index (χ0n) is 22.6. The van der Waals surface area contributed by atoms with Gasteiger partial charge in [0.25, 0.3) is 0 Å². The topological polar surface area (TPSA) is 109 Å². The molecule has 1 spiro atoms. The number of aliphatic hydroxyl groups excluding tert-OH is 1. The lowest BCUT2D eigenvalue weighted by molar-refractivity contribution is -0.160. The van der Waals surface area contributed by atoms with Gasteiger partial charge in [-0.15, -0.1) is 13.2 Å². The Bertz CT molecular complexity index is 907. The molecule has 1 N–H and O–H groups in total. The number of carbonyl (C=O) groups is 3. The van der Waals surface area contributed by atoms with Crippen molar-refractivity contribution in [3.63, 3.8) is 0 Å². The lowest BCUT2D eigenvalue weighted by Crippen LogP contribution is -2.57. The summed E-state index contributed by atoms with van der Waals surface area (Å²) in [5.41, 5.74) is -2.00. The Labute approximate surface area is 225 Å². The highest BCUT2D eigenvalue weighted by atomic mass is 16.6. The molecule has 2 amide bonds. The van der Waals surface area contributed by atoms with E-state index in [1.807, 2.05) is 13.0 Å². The van der Waals surface area contributed by atoms with Crippen LogP contribution in [0.3, 0.4) is 0 Å². The summed E-state index contributed by atoms with van der Waals surface area (Å²) in [6.45, 7) is 13.8. The Morgan fingerprint density at radius 1 is 1.18 bits per heavy atom. The van der Waals surface area contributed by atoms with Gasteiger partial charge in [-0.05, 0) is 39.0 Å². The van der Waals surface area contributed by atoms with Crippen LogP contribution in [0.1, 0.15) is 39.0 Å². The number of unbranched alkanes of at least 4 members (excludes halogenated alkanes) is 2. The normalized spacial score (nSPS) is 32.3. The summed E-state index contributed by atoms with van der Waals surface area (Å²) in [6.07, 6.45) is 6.98. The molecule has 4 aliphatic rings. The third-order valence-corrected chi connectivity index (χ3v) is 8.60. The fourth-order valence-corrected chi connectivity index (χ4v) is 6.77. The van der Waals surface area contributed by atoms with Crippen molar-refractivity contribution in [2.75, 3.05) is 65.7 Å². The van der Waals surface area contributed by atoms with Crippen LogP contribution in [0.15, 0.2) is 25.3 Å². The van der Waals surface area contributed by atoms with E-state index >= 15 is 0 Å². The average Bonchev–Trinajstić information content (AvgIpc) is 3.47. The monoisotopic (exact) mass is 533 g/mol. The molecular formula is C28H43N3O7. The first-order valence-corrected chi connectivity index (χ1v) is 13.9. The number of β-amino-alcohol motifs (C(OH)–C–C–N with tert-alkyl or cyclic N) is 1. The first-order valence-electron chi connectivity index (χ1n) is 13.9. The van der Waals surface area contributed by atoms with Crippen molar-refractivity contribution in [1.29, 1.82) is 0 Å². The van der Waals surface area contributed by atoms with E-state index in [2.05, 4.69) is 18.1 Å². The Morgan fingerprint density at radius 2 is 1.95 bits per heavy atom. The fourth-order valence-electron chi connectivity index (χ4n) is 6.77. The summed E-state index contributed by atoms with van der Waals surface area (Å²) in [5.74, 6) is -2.60. The highest BCUT2D eigenvalue weighted by Crippen LogP contribution is 2.63. The summed E-state index contributed by atoms with van der Waals surface area (Å²) in [6, 6.07) is -0.913. The van der Waals surface area contributed by atoms with Gasteiger partial charge in [0.1, 0.15) is 17.6 Å². The maximum absolute atomic E-state index is 14.2. The maximum atomic E-state index is 14.2. The number of hydrogen-bond donors (Lipinski definition) is 1. The predicted molar refractivity (Wildman–Crippen MR) is 140 cm³/mol. The molecule has 4 rings (SSSR count). The molecule has 10 heteroatoms. The second kappa shape index (κ2) is 12.3. The molecule has 0 radical (unpaired) electrons. The van der Waals surface area contributed by atoms with E-state index in [1.54, 1.807) is 11.0 Å². The summed E-state index contributed by atoms with van der Waals surface area (Å²) in [5, 5.41) is 9.81. The van der Waals surface area contributed by atoms with Gasteiger partial charge in [0.2, 0.25) is 11.8 Å². The number of fused-ring (bicyclic) bond motifs is 1. The number of ether oxygens (including phenoxy) is 3. The van der Waals surface area contributed by atoms with Gasteiger partial charge < -0.3 is 29.1 Å². The largest absolute Gasteiger partial charge is 0.465 e. The third kappa shape index (κ3) is 5.28. The van der Waals surface area contributed by atoms with Gasteiger partial charge >= 0.3 is 5.97 Å². The molecular weight excluding hydrogens is 490 g/mol. The van der Waals surface area contributed by atoms with Gasteiger partial charge in [0.05, 0.1) is 37.9 Å². The minimum Gasteiger partial charge on any atom is -0.465 e. The van der Waals surface area contributed by atoms with Crippen LogP contribution >= 0.6 is 0 Å². The van der Waals surface area contributed by atoms with E-state index in [9.17, 15) is 19.5 Å². The molecule has 0 saturated carbocycles. The molecule has 212 valence electrons. The van der Waals surface area contributed by atoms with Crippen molar-refractivity contribution in [2.24, 2.45) is 11.8 Å². The molecule has 2 bridgehead atoms. The molecule has 10 nitrogen and oxygen atoms in total. The summed E-state index contributed by atoms with van der Waals surface area (Å²) in [7, 11) is 0. The second-order valence-electron chi connectivity index (χ2n) is 11.0. The quantitative estimate of drug-likeness (QED) is 0.200. The number of carbonyl (C=O) groups excluding carboxylic acids is 3. The van der Waals surface area contributed by atoms with Gasteiger partial charge in [0, 0.05) is 39.3 Å². The molecule has 38 heavy (non-hydrogen) atoms. The third-order valence-electron chi connectivity index (χ3n) is 8.60. The van der Waals surface area contributed by atoms with Crippen molar-refractivity contribution in [1.82, 2.24) is 14.7 Å². The lowest BCUT2D eigenvalue weighted by Gasteiger charge is -2.37. The number of likely N-dealkylation sites (tertiary alicyclic amines) is 1. The molecule has 4 fully saturated rings. The number of amides is 2. The molecule has 2 unspecified atom stereocenters. The van der Waals surface area contributed by atoms with Crippen molar-refractivity contribution in [3.05, 3.63) is 25.3 Å². The van der Waals surface area contributed by atoms with Gasteiger partial charge in [0.15, 0.2) is 0 Å². The Kier molecular flexibility index (Phi) is 9.28. The van der Waals surface area contributed by atoms with E-state index in [0.717, 1.165) is 25.9 Å². The minimum atomic E-state index is -1.12. The molecule has 4 aliphatic heterocycles. The number of esters is 1. The van der Waals surface area contributed by atoms with E-state index in [1.165, 1.54) is 4.90 Å². The number of allylic oxidation sites excluding steroid dienone is 1. The summed E-state index contributed by atoms with van der Waals surface area (Å²) in [4.78, 5) is 46.8. The van der Waals surface area contributed by atoms with Crippen LogP contribution < -0.4 is 0 Å². The Hall–Kier alpha value is -2.27. The standard InChI is InChI=1S/C28H43N3O7/c1-4-6-7-8-18-37-26(35)22-21-24(33)31(14-17-32)23(28(21)10-9-27(22,3)38-28)25(34)30(11-5-2)13-12-29-15-19-36-20-16-29/h4-5,21-23,32H,1-2,6-20H2,3H3/t21-,22-,23?,27+,28?/m0/s1. The number of morpholine rings is 1. The molecule has 0 aromatic rings. The Balaban J connectivity index is 1.56. The highest BCUT2D eigenvalue weighted by molar-refractivity contribution is 5.98. The molecule has 0 aliphatic carbocycles. The van der Waals surface area contributed by atoms with E-state index in [4.69, 9.17) is 14.2 Å². The van der Waals surface area contributed by atoms with E-state index in [0.29, 0.717) is 52.1 Å². The maximum Gasteiger partial charge on any atom is 0.312 e. The van der Waals surface area contributed by atoms with Gasteiger partial charge in [-0.3, -0.25) is 19.3 Å². The number of hydrogen-bond acceptors (Lipinski definition) is 8. The number of nitrogens with zero attached hydrogens (tertiary/aromatic N) is 3. The van der Waals surface area contributed by atoms with Crippen LogP contribution in [0, 0.1) is 11.8 Å². The van der Waals surface area contributed by atoms with Gasteiger partial charge in [-0.1, -0.05) is 12.2 Å². The highest BCUT2D eigenvalue weighted by Gasteiger charge is 2.78. The van der Waals surface area contributed by atoms with E-state index in [-0.39, 0.29) is 31.6 Å². The van der Waals surface area contributed by atoms with Crippen molar-refractivity contribution < 1.29 is 33.7 Å². The molecule has 0 aromatic carbocycles. The fraction of sp³-hybridized carbons (Fsp3) is 0.750. The second-order valence-corrected chi connectivity index (χ2v) is 11.0. The predicted octanol–water partition coefficient (Wildman–Crippen LogP) is 0.990. The average molecular weight is 534 g/mol. The zero-order valence-corrected chi connectivity index (χ0v) is 22.6. The van der Waals surface area contributed by atoms with Crippen LogP contribution in [0.4, 0.5) is 0 Å². The minimum absolute atomic E-state index is 0.00226. The van der Waals surface area contributed by atoms with Crippen LogP contribution in [-0.4, -0.2) is 121 Å². The van der Waals surface area contributed by atoms with Gasteiger partial charge in [-0.2, -0.15) is 0 Å². The summed E-state index contributed by atoms with van der Waals surface area (Å²) >= 11 is 0. The van der Waals surface area contributed by atoms with Gasteiger partial charge in [-0.25, -0.2) is 0 Å². The lowest BCUT2D eigenvalue weighted by atomic mass is 9.66. The van der Waals surface area contributed by atoms with Crippen molar-refractivity contribution in [2.45, 2.75) is 56.3 Å². The molecule has 4 saturated heterocycles. The number of rotatable bonds is 14. The Morgan fingerprint density at radius 3 is 2.63 bits per heavy atom. The number of aliphatic hydroxyl groups is 1. The van der Waals surface area contributed by atoms with Crippen LogP contribution in [0.25, 0.3) is 0 Å². The van der Waals surface area contributed by atoms with Crippen LogP contribution in [-0.2, 0) is 28.6 Å². The SMILES string of the molecule is C=CCCCCOC(=O)[C@@H]1[C@H]2C(=O)N(CCO)C(C(=O)N(CC=C)CCN3CCOCC3)C23CC[C@@]1(C)O3. The first-order chi connectivity index (χ1) is 18.3. The van der Waals surface area contributed by atoms with Crippen molar-refractivity contribution in [3.8, 4) is 0 Å². The van der Waals surface area contributed by atoms with E-state index < -0.39 is 35.0 Å².